The van der Waals surface area contributed by atoms with E-state index in [0.717, 1.165) is 11.3 Å². The molecule has 0 unspecified atom stereocenters. The van der Waals surface area contributed by atoms with Crippen molar-refractivity contribution in [3.63, 3.8) is 0 Å². The number of hydrogen-bond donors (Lipinski definition) is 1. The number of aromatic nitrogens is 3. The lowest BCUT2D eigenvalue weighted by Crippen LogP contribution is -2.31. The van der Waals surface area contributed by atoms with Crippen LogP contribution in [0.3, 0.4) is 0 Å². The average molecular weight is 358 g/mol. The lowest BCUT2D eigenvalue weighted by atomic mass is 10.0. The molecule has 2 heterocycles. The fourth-order valence-corrected chi connectivity index (χ4v) is 2.97. The summed E-state index contributed by atoms with van der Waals surface area (Å²) >= 11 is 0. The molecule has 3 rings (SSSR count). The molecule has 8 heteroatoms. The predicted molar refractivity (Wildman–Crippen MR) is 91.3 cm³/mol. The molecule has 0 fully saturated rings. The molecule has 0 amide bonds. The van der Waals surface area contributed by atoms with E-state index in [2.05, 4.69) is 10.3 Å². The van der Waals surface area contributed by atoms with Gasteiger partial charge in [0.05, 0.1) is 17.6 Å². The predicted octanol–water partition coefficient (Wildman–Crippen LogP) is 2.87. The van der Waals surface area contributed by atoms with Crippen LogP contribution >= 0.6 is 0 Å². The Labute approximate surface area is 149 Å². The number of rotatable bonds is 6. The summed E-state index contributed by atoms with van der Waals surface area (Å²) in [6, 6.07) is 5.09. The highest BCUT2D eigenvalue weighted by Gasteiger charge is 2.30. The van der Waals surface area contributed by atoms with Gasteiger partial charge in [0.2, 0.25) is 0 Å². The Hall–Kier alpha value is -3.00. The maximum absolute atomic E-state index is 13.0. The van der Waals surface area contributed by atoms with Crippen molar-refractivity contribution in [2.24, 2.45) is 0 Å². The van der Waals surface area contributed by atoms with E-state index in [1.807, 2.05) is 0 Å². The number of hydrogen-bond acceptors (Lipinski definition) is 5. The Morgan fingerprint density at radius 1 is 1.35 bits per heavy atom. The van der Waals surface area contributed by atoms with E-state index in [0.29, 0.717) is 23.6 Å². The number of aliphatic carboxylic acids is 1. The van der Waals surface area contributed by atoms with E-state index < -0.39 is 12.0 Å². The van der Waals surface area contributed by atoms with Crippen molar-refractivity contribution in [2.45, 2.75) is 26.4 Å². The van der Waals surface area contributed by atoms with Crippen LogP contribution in [-0.4, -0.2) is 38.0 Å². The fraction of sp³-hybridized carbons (Fsp3) is 0.278. The SMILES string of the molecule is Cc1noc(C)c1[C@H](C(=O)O)N(C)Cc1cnn(-c2ccc(F)cc2)c1. The summed E-state index contributed by atoms with van der Waals surface area (Å²) in [7, 11) is 1.72. The molecule has 26 heavy (non-hydrogen) atoms. The smallest absolute Gasteiger partial charge is 0.325 e. The lowest BCUT2D eigenvalue weighted by Gasteiger charge is -2.24. The molecule has 1 N–H and O–H groups in total. The number of benzene rings is 1. The van der Waals surface area contributed by atoms with Crippen LogP contribution in [0.4, 0.5) is 4.39 Å². The second-order valence-electron chi connectivity index (χ2n) is 6.16. The highest BCUT2D eigenvalue weighted by molar-refractivity contribution is 5.76. The van der Waals surface area contributed by atoms with Crippen LogP contribution in [0, 0.1) is 19.7 Å². The normalized spacial score (nSPS) is 12.5. The van der Waals surface area contributed by atoms with Crippen molar-refractivity contribution in [1.29, 1.82) is 0 Å². The van der Waals surface area contributed by atoms with Gasteiger partial charge in [0.1, 0.15) is 17.6 Å². The van der Waals surface area contributed by atoms with Gasteiger partial charge in [-0.15, -0.1) is 0 Å². The number of carboxylic acid groups (broad SMARTS) is 1. The summed E-state index contributed by atoms with van der Waals surface area (Å²) in [5.74, 6) is -0.804. The molecule has 1 atom stereocenters. The summed E-state index contributed by atoms with van der Waals surface area (Å²) in [6.07, 6.45) is 3.45. The number of halogens is 1. The third kappa shape index (κ3) is 3.50. The number of likely N-dealkylation sites (N-methyl/N-ethyl adjacent to an activating group) is 1. The summed E-state index contributed by atoms with van der Waals surface area (Å²) in [5.41, 5.74) is 2.67. The molecule has 0 spiro atoms. The van der Waals surface area contributed by atoms with Crippen LogP contribution < -0.4 is 0 Å². The third-order valence-corrected chi connectivity index (χ3v) is 4.20. The Bertz CT molecular complexity index is 897. The number of carbonyl (C=O) groups is 1. The Morgan fingerprint density at radius 2 is 2.04 bits per heavy atom. The number of carboxylic acids is 1. The maximum Gasteiger partial charge on any atom is 0.325 e. The summed E-state index contributed by atoms with van der Waals surface area (Å²) < 4.78 is 19.8. The van der Waals surface area contributed by atoms with Crippen LogP contribution in [0.2, 0.25) is 0 Å². The first-order valence-electron chi connectivity index (χ1n) is 8.02. The first-order chi connectivity index (χ1) is 12.4. The van der Waals surface area contributed by atoms with Crippen molar-refractivity contribution in [2.75, 3.05) is 7.05 Å². The van der Waals surface area contributed by atoms with Crippen LogP contribution in [0.5, 0.6) is 0 Å². The zero-order chi connectivity index (χ0) is 18.8. The van der Waals surface area contributed by atoms with Gasteiger partial charge in [0.15, 0.2) is 0 Å². The largest absolute Gasteiger partial charge is 0.480 e. The molecular weight excluding hydrogens is 339 g/mol. The van der Waals surface area contributed by atoms with Crippen molar-refractivity contribution >= 4 is 5.97 Å². The topological polar surface area (TPSA) is 84.4 Å². The van der Waals surface area contributed by atoms with Gasteiger partial charge in [0, 0.05) is 23.9 Å². The summed E-state index contributed by atoms with van der Waals surface area (Å²) in [5, 5.41) is 17.8. The second kappa shape index (κ2) is 7.09. The van der Waals surface area contributed by atoms with Crippen molar-refractivity contribution in [3.8, 4) is 5.69 Å². The van der Waals surface area contributed by atoms with E-state index >= 15 is 0 Å². The van der Waals surface area contributed by atoms with Crippen LogP contribution in [0.1, 0.15) is 28.6 Å². The van der Waals surface area contributed by atoms with E-state index in [1.54, 1.807) is 55.0 Å². The molecule has 0 aliphatic rings. The molecule has 2 aromatic heterocycles. The van der Waals surface area contributed by atoms with Gasteiger partial charge in [-0.1, -0.05) is 5.16 Å². The highest BCUT2D eigenvalue weighted by Crippen LogP contribution is 2.27. The lowest BCUT2D eigenvalue weighted by molar-refractivity contribution is -0.143. The number of aryl methyl sites for hydroxylation is 2. The first-order valence-corrected chi connectivity index (χ1v) is 8.02. The Kier molecular flexibility index (Phi) is 4.85. The van der Waals surface area contributed by atoms with Crippen LogP contribution in [0.15, 0.2) is 41.2 Å². The minimum atomic E-state index is -0.979. The van der Waals surface area contributed by atoms with Gasteiger partial charge in [-0.2, -0.15) is 5.10 Å². The minimum absolute atomic E-state index is 0.315. The van der Waals surface area contributed by atoms with E-state index in [-0.39, 0.29) is 5.82 Å². The maximum atomic E-state index is 13.0. The molecule has 1 aromatic carbocycles. The molecule has 0 radical (unpaired) electrons. The molecule has 0 aliphatic heterocycles. The van der Waals surface area contributed by atoms with Gasteiger partial charge < -0.3 is 9.63 Å². The first kappa shape index (κ1) is 17.8. The van der Waals surface area contributed by atoms with E-state index in [1.165, 1.54) is 12.1 Å². The zero-order valence-electron chi connectivity index (χ0n) is 14.7. The molecular formula is C18H19FN4O3. The quantitative estimate of drug-likeness (QED) is 0.729. The minimum Gasteiger partial charge on any atom is -0.480 e. The molecule has 136 valence electrons. The molecule has 3 aromatic rings. The highest BCUT2D eigenvalue weighted by atomic mass is 19.1. The van der Waals surface area contributed by atoms with Crippen LogP contribution in [-0.2, 0) is 11.3 Å². The molecule has 0 aliphatic carbocycles. The molecule has 0 bridgehead atoms. The van der Waals surface area contributed by atoms with E-state index in [4.69, 9.17) is 4.52 Å². The Balaban J connectivity index is 1.81. The Morgan fingerprint density at radius 3 is 2.62 bits per heavy atom. The molecule has 0 saturated heterocycles. The monoisotopic (exact) mass is 358 g/mol. The van der Waals surface area contributed by atoms with E-state index in [9.17, 15) is 14.3 Å². The standard InChI is InChI=1S/C18H19FN4O3/c1-11-16(12(2)26-21-11)17(18(24)25)22(3)9-13-8-20-23(10-13)15-6-4-14(19)5-7-15/h4-8,10,17H,9H2,1-3H3,(H,24,25)/t17-/m1/s1. The molecule has 7 nitrogen and oxygen atoms in total. The van der Waals surface area contributed by atoms with Crippen molar-refractivity contribution in [3.05, 3.63) is 65.1 Å². The van der Waals surface area contributed by atoms with Crippen molar-refractivity contribution in [1.82, 2.24) is 19.8 Å². The summed E-state index contributed by atoms with van der Waals surface area (Å²) in [4.78, 5) is 13.5. The molecule has 0 saturated carbocycles. The van der Waals surface area contributed by atoms with Gasteiger partial charge in [0.25, 0.3) is 0 Å². The zero-order valence-corrected chi connectivity index (χ0v) is 14.7. The average Bonchev–Trinajstić information content (AvgIpc) is 3.17. The fourth-order valence-electron chi connectivity index (χ4n) is 2.97. The van der Waals surface area contributed by atoms with Crippen molar-refractivity contribution < 1.29 is 18.8 Å². The third-order valence-electron chi connectivity index (χ3n) is 4.20. The summed E-state index contributed by atoms with van der Waals surface area (Å²) in [6.45, 7) is 3.79. The van der Waals surface area contributed by atoms with Gasteiger partial charge in [-0.05, 0) is 45.2 Å². The van der Waals surface area contributed by atoms with Gasteiger partial charge in [-0.3, -0.25) is 9.69 Å². The van der Waals surface area contributed by atoms with Gasteiger partial charge in [-0.25, -0.2) is 9.07 Å². The number of nitrogens with zero attached hydrogens (tertiary/aromatic N) is 4. The van der Waals surface area contributed by atoms with Crippen LogP contribution in [0.25, 0.3) is 5.69 Å². The second-order valence-corrected chi connectivity index (χ2v) is 6.16. The van der Waals surface area contributed by atoms with Gasteiger partial charge >= 0.3 is 5.97 Å².